The normalized spacial score (nSPS) is 13.0. The van der Waals surface area contributed by atoms with Crippen LogP contribution in [-0.2, 0) is 0 Å². The van der Waals surface area contributed by atoms with E-state index in [9.17, 15) is 0 Å². The fourth-order valence-electron chi connectivity index (χ4n) is 10.2. The number of pyridine rings is 2. The zero-order valence-corrected chi connectivity index (χ0v) is 37.0. The van der Waals surface area contributed by atoms with Gasteiger partial charge in [0.25, 0.3) is 0 Å². The molecule has 66 heavy (non-hydrogen) atoms. The van der Waals surface area contributed by atoms with Crippen molar-refractivity contribution in [3.8, 4) is 22.4 Å². The zero-order chi connectivity index (χ0) is 43.3. The molecule has 0 N–H and O–H groups in total. The predicted octanol–water partition coefficient (Wildman–Crippen LogP) is 17.4. The van der Waals surface area contributed by atoms with Crippen molar-refractivity contribution in [2.24, 2.45) is 0 Å². The Morgan fingerprint density at radius 2 is 0.803 bits per heavy atom. The third-order valence-electron chi connectivity index (χ3n) is 13.2. The summed E-state index contributed by atoms with van der Waals surface area (Å²) < 4.78 is 0. The second-order valence-electron chi connectivity index (χ2n) is 16.9. The Kier molecular flexibility index (Phi) is 8.42. The molecule has 0 saturated carbocycles. The molecule has 0 spiro atoms. The van der Waals surface area contributed by atoms with Gasteiger partial charge < -0.3 is 9.80 Å². The van der Waals surface area contributed by atoms with Crippen LogP contribution in [0.4, 0.5) is 34.1 Å². The van der Waals surface area contributed by atoms with Gasteiger partial charge in [-0.15, -0.1) is 0 Å². The Morgan fingerprint density at radius 1 is 0.333 bits per heavy atom. The van der Waals surface area contributed by atoms with Crippen LogP contribution in [-0.4, -0.2) is 9.97 Å². The maximum Gasteiger partial charge on any atom is 0.0972 e. The summed E-state index contributed by atoms with van der Waals surface area (Å²) in [4.78, 5) is 20.3. The SMILES string of the molecule is c1ccc2c(c1)Sc1ccccc1N2c1ccc2c(-c3ccc4ccc5cccnc5c4n3)c3cc(N4c5ccccc5Sc5ccccc54)ccc3c(-c3ccc4ccccc4c3)c2c1. The average molecular weight is 877 g/mol. The quantitative estimate of drug-likeness (QED) is 0.129. The van der Waals surface area contributed by atoms with Gasteiger partial charge >= 0.3 is 0 Å². The average Bonchev–Trinajstić information content (AvgIpc) is 3.38. The number of anilines is 6. The molecule has 0 amide bonds. The third-order valence-corrected chi connectivity index (χ3v) is 15.5. The van der Waals surface area contributed by atoms with E-state index in [1.807, 2.05) is 35.8 Å². The molecule has 2 aliphatic rings. The summed E-state index contributed by atoms with van der Waals surface area (Å²) in [7, 11) is 0. The second kappa shape index (κ2) is 14.8. The monoisotopic (exact) mass is 876 g/mol. The van der Waals surface area contributed by atoms with E-state index in [2.05, 4.69) is 216 Å². The first-order valence-electron chi connectivity index (χ1n) is 22.2. The minimum atomic E-state index is 0.897. The van der Waals surface area contributed by atoms with E-state index in [4.69, 9.17) is 9.97 Å². The molecule has 0 unspecified atom stereocenters. The topological polar surface area (TPSA) is 32.3 Å². The molecular formula is C60H36N4S2. The minimum absolute atomic E-state index is 0.897. The maximum absolute atomic E-state index is 5.61. The number of hydrogen-bond donors (Lipinski definition) is 0. The van der Waals surface area contributed by atoms with Crippen LogP contribution in [0.1, 0.15) is 0 Å². The molecule has 0 radical (unpaired) electrons. The first kappa shape index (κ1) is 37.5. The van der Waals surface area contributed by atoms with Crippen molar-refractivity contribution >= 4 is 112 Å². The molecule has 10 aromatic carbocycles. The van der Waals surface area contributed by atoms with Crippen molar-refractivity contribution < 1.29 is 0 Å². The lowest BCUT2D eigenvalue weighted by Crippen LogP contribution is -2.15. The summed E-state index contributed by atoms with van der Waals surface area (Å²) in [6.45, 7) is 0. The van der Waals surface area contributed by atoms with Crippen LogP contribution in [0.15, 0.2) is 238 Å². The summed E-state index contributed by atoms with van der Waals surface area (Å²) in [6, 6.07) is 77.6. The molecule has 12 aromatic rings. The first-order chi connectivity index (χ1) is 32.7. The van der Waals surface area contributed by atoms with Gasteiger partial charge in [0.1, 0.15) is 0 Å². The van der Waals surface area contributed by atoms with Gasteiger partial charge in [-0.05, 0) is 134 Å². The van der Waals surface area contributed by atoms with Crippen molar-refractivity contribution in [1.29, 1.82) is 0 Å². The molecule has 308 valence electrons. The number of rotatable bonds is 4. The highest BCUT2D eigenvalue weighted by Gasteiger charge is 2.28. The molecule has 14 rings (SSSR count). The Morgan fingerprint density at radius 3 is 1.41 bits per heavy atom. The summed E-state index contributed by atoms with van der Waals surface area (Å²) in [5, 5.41) is 9.15. The Labute approximate surface area is 389 Å². The van der Waals surface area contributed by atoms with Gasteiger partial charge in [-0.2, -0.15) is 0 Å². The predicted molar refractivity (Wildman–Crippen MR) is 278 cm³/mol. The van der Waals surface area contributed by atoms with Gasteiger partial charge in [0.2, 0.25) is 0 Å². The Bertz CT molecular complexity index is 3900. The number of benzene rings is 10. The van der Waals surface area contributed by atoms with E-state index in [1.54, 1.807) is 0 Å². The minimum Gasteiger partial charge on any atom is -0.308 e. The van der Waals surface area contributed by atoms with Crippen LogP contribution in [0.25, 0.3) is 76.5 Å². The molecule has 0 saturated heterocycles. The highest BCUT2D eigenvalue weighted by molar-refractivity contribution is 8.00. The van der Waals surface area contributed by atoms with Crippen molar-refractivity contribution in [3.63, 3.8) is 0 Å². The molecule has 6 heteroatoms. The van der Waals surface area contributed by atoms with Crippen LogP contribution in [0, 0.1) is 0 Å². The van der Waals surface area contributed by atoms with E-state index in [0.717, 1.165) is 66.0 Å². The van der Waals surface area contributed by atoms with Gasteiger partial charge in [0.15, 0.2) is 0 Å². The van der Waals surface area contributed by atoms with Gasteiger partial charge in [-0.25, -0.2) is 4.98 Å². The summed E-state index contributed by atoms with van der Waals surface area (Å²) in [6.07, 6.45) is 1.87. The second-order valence-corrected chi connectivity index (χ2v) is 19.1. The van der Waals surface area contributed by atoms with E-state index in [-0.39, 0.29) is 0 Å². The lowest BCUT2D eigenvalue weighted by atomic mass is 9.86. The number of aromatic nitrogens is 2. The van der Waals surface area contributed by atoms with Crippen molar-refractivity contribution in [2.45, 2.75) is 19.6 Å². The van der Waals surface area contributed by atoms with Crippen molar-refractivity contribution in [1.82, 2.24) is 9.97 Å². The Hall–Kier alpha value is -7.90. The molecule has 0 bridgehead atoms. The summed E-state index contributed by atoms with van der Waals surface area (Å²) in [5.74, 6) is 0. The molecule has 0 fully saturated rings. The molecule has 0 atom stereocenters. The number of fused-ring (bicyclic) bond motifs is 10. The lowest BCUT2D eigenvalue weighted by molar-refractivity contribution is 1.17. The zero-order valence-electron chi connectivity index (χ0n) is 35.4. The van der Waals surface area contributed by atoms with Gasteiger partial charge in [-0.3, -0.25) is 4.98 Å². The van der Waals surface area contributed by atoms with Crippen molar-refractivity contribution in [3.05, 3.63) is 219 Å². The van der Waals surface area contributed by atoms with Gasteiger partial charge in [0, 0.05) is 53.5 Å². The fraction of sp³-hybridized carbons (Fsp3) is 0. The number of para-hydroxylation sites is 4. The Balaban J connectivity index is 1.12. The third kappa shape index (κ3) is 5.82. The van der Waals surface area contributed by atoms with E-state index in [0.29, 0.717) is 0 Å². The smallest absolute Gasteiger partial charge is 0.0972 e. The van der Waals surface area contributed by atoms with Gasteiger partial charge in [0.05, 0.1) is 39.5 Å². The lowest BCUT2D eigenvalue weighted by Gasteiger charge is -2.33. The molecule has 4 nitrogen and oxygen atoms in total. The number of hydrogen-bond acceptors (Lipinski definition) is 6. The number of nitrogens with zero attached hydrogens (tertiary/aromatic N) is 4. The fourth-order valence-corrected chi connectivity index (χ4v) is 12.4. The van der Waals surface area contributed by atoms with Crippen LogP contribution in [0.2, 0.25) is 0 Å². The largest absolute Gasteiger partial charge is 0.308 e. The molecule has 2 aliphatic heterocycles. The van der Waals surface area contributed by atoms with Gasteiger partial charge in [-0.1, -0.05) is 145 Å². The molecule has 0 aliphatic carbocycles. The van der Waals surface area contributed by atoms with Crippen LogP contribution in [0.5, 0.6) is 0 Å². The molecule has 4 heterocycles. The maximum atomic E-state index is 5.61. The van der Waals surface area contributed by atoms with Crippen LogP contribution >= 0.6 is 23.5 Å². The summed E-state index contributed by atoms with van der Waals surface area (Å²) in [5.41, 5.74) is 13.1. The highest BCUT2D eigenvalue weighted by atomic mass is 32.2. The van der Waals surface area contributed by atoms with E-state index < -0.39 is 0 Å². The van der Waals surface area contributed by atoms with E-state index in [1.165, 1.54) is 64.2 Å². The van der Waals surface area contributed by atoms with Crippen LogP contribution < -0.4 is 9.80 Å². The van der Waals surface area contributed by atoms with Crippen LogP contribution in [0.3, 0.4) is 0 Å². The molecule has 2 aromatic heterocycles. The molecular weight excluding hydrogens is 841 g/mol. The summed E-state index contributed by atoms with van der Waals surface area (Å²) >= 11 is 3.66. The highest BCUT2D eigenvalue weighted by Crippen LogP contribution is 2.55. The first-order valence-corrected chi connectivity index (χ1v) is 23.8. The van der Waals surface area contributed by atoms with Crippen molar-refractivity contribution in [2.75, 3.05) is 9.80 Å². The standard InChI is InChI=1S/C60H36N4S2/c1-2-13-40-34-41(26-23-37(40)12-1)57-44-30-28-43(64-51-17-5-9-21-55(51)66-56-22-10-6-18-52(56)64)36-47(44)58(48-32-27-39-25-24-38-14-11-33-61-59(38)60(39)62-48)45-31-29-42(35-46(45)57)63-49-15-3-7-19-53(49)65-54-20-8-4-16-50(54)63/h1-36H. The van der Waals surface area contributed by atoms with E-state index >= 15 is 0 Å².